The Morgan fingerprint density at radius 3 is 2.30 bits per heavy atom. The van der Waals surface area contributed by atoms with E-state index in [1.54, 1.807) is 12.3 Å². The average Bonchev–Trinajstić information content (AvgIpc) is 3.49. The smallest absolute Gasteiger partial charge is 0.229 e. The number of ether oxygens (including phenoxy) is 1. The Morgan fingerprint density at radius 1 is 0.953 bits per heavy atom. The molecular weight excluding hydrogens is 581 g/mol. The van der Waals surface area contributed by atoms with Gasteiger partial charge in [-0.25, -0.2) is 8.42 Å². The minimum atomic E-state index is -3.41. The molecule has 2 saturated heterocycles. The van der Waals surface area contributed by atoms with Crippen LogP contribution in [0.15, 0.2) is 72.9 Å². The van der Waals surface area contributed by atoms with Crippen molar-refractivity contribution in [1.82, 2.24) is 14.9 Å². The first-order valence-electron chi connectivity index (χ1n) is 14.3. The molecule has 2 aliphatic rings. The van der Waals surface area contributed by atoms with Crippen molar-refractivity contribution in [2.24, 2.45) is 0 Å². The minimum absolute atomic E-state index is 0.192. The summed E-state index contributed by atoms with van der Waals surface area (Å²) in [5.41, 5.74) is 8.78. The topological polar surface area (TPSA) is 91.7 Å². The predicted octanol–water partition coefficient (Wildman–Crippen LogP) is 5.18. The lowest BCUT2D eigenvalue weighted by Crippen LogP contribution is -2.36. The second-order valence-corrected chi connectivity index (χ2v) is 13.3. The van der Waals surface area contributed by atoms with Crippen LogP contribution in [0.4, 0.5) is 17.1 Å². The Hall–Kier alpha value is -3.93. The number of hydrogen-bond acceptors (Lipinski definition) is 6. The van der Waals surface area contributed by atoms with Crippen molar-refractivity contribution >= 4 is 44.4 Å². The number of sulfonamides is 1. The van der Waals surface area contributed by atoms with E-state index >= 15 is 0 Å². The molecule has 9 nitrogen and oxygen atoms in total. The third-order valence-corrected chi connectivity index (χ3v) is 9.06. The molecule has 11 heteroatoms. The summed E-state index contributed by atoms with van der Waals surface area (Å²) in [6, 6.07) is 22.2. The molecular formula is C32H36N6O3S2. The van der Waals surface area contributed by atoms with Crippen LogP contribution in [0.2, 0.25) is 0 Å². The highest BCUT2D eigenvalue weighted by molar-refractivity contribution is 7.92. The van der Waals surface area contributed by atoms with Gasteiger partial charge in [-0.15, -0.1) is 0 Å². The van der Waals surface area contributed by atoms with Crippen LogP contribution in [-0.2, 0) is 14.8 Å². The molecule has 0 amide bonds. The Morgan fingerprint density at radius 2 is 1.65 bits per heavy atom. The van der Waals surface area contributed by atoms with Crippen molar-refractivity contribution < 1.29 is 13.2 Å². The number of thiocarbonyl (C=S) groups is 1. The van der Waals surface area contributed by atoms with Gasteiger partial charge in [0.2, 0.25) is 10.0 Å². The molecule has 2 aliphatic heterocycles. The molecule has 2 atom stereocenters. The van der Waals surface area contributed by atoms with E-state index in [-0.39, 0.29) is 12.1 Å². The zero-order chi connectivity index (χ0) is 30.3. The van der Waals surface area contributed by atoms with Crippen molar-refractivity contribution in [1.29, 1.82) is 0 Å². The van der Waals surface area contributed by atoms with Gasteiger partial charge in [-0.2, -0.15) is 0 Å². The molecule has 0 unspecified atom stereocenters. The van der Waals surface area contributed by atoms with Gasteiger partial charge >= 0.3 is 0 Å². The summed E-state index contributed by atoms with van der Waals surface area (Å²) in [6.07, 6.45) is 2.95. The molecule has 0 spiro atoms. The number of rotatable bonds is 7. The van der Waals surface area contributed by atoms with E-state index in [1.165, 1.54) is 5.69 Å². The molecule has 2 aromatic heterocycles. The second-order valence-electron chi connectivity index (χ2n) is 11.1. The molecule has 2 fully saturated rings. The number of pyridine rings is 1. The van der Waals surface area contributed by atoms with E-state index in [9.17, 15) is 8.42 Å². The van der Waals surface area contributed by atoms with Crippen LogP contribution in [0.5, 0.6) is 0 Å². The maximum Gasteiger partial charge on any atom is 0.229 e. The molecule has 0 bridgehead atoms. The zero-order valence-electron chi connectivity index (χ0n) is 24.7. The lowest BCUT2D eigenvalue weighted by molar-refractivity contribution is 0.122. The highest BCUT2D eigenvalue weighted by Crippen LogP contribution is 2.44. The van der Waals surface area contributed by atoms with E-state index < -0.39 is 10.0 Å². The minimum Gasteiger partial charge on any atom is -0.378 e. The van der Waals surface area contributed by atoms with Gasteiger partial charge < -0.3 is 24.4 Å². The molecule has 4 aromatic rings. The second kappa shape index (κ2) is 11.6. The van der Waals surface area contributed by atoms with Crippen LogP contribution in [0.3, 0.4) is 0 Å². The third kappa shape index (κ3) is 5.84. The number of aromatic nitrogens is 2. The van der Waals surface area contributed by atoms with Crippen molar-refractivity contribution in [3.05, 3.63) is 101 Å². The van der Waals surface area contributed by atoms with Crippen LogP contribution in [0, 0.1) is 20.8 Å². The van der Waals surface area contributed by atoms with Crippen molar-refractivity contribution in [3.8, 4) is 5.69 Å². The van der Waals surface area contributed by atoms with Gasteiger partial charge in [0.25, 0.3) is 0 Å². The number of anilines is 3. The highest BCUT2D eigenvalue weighted by atomic mass is 32.2. The van der Waals surface area contributed by atoms with Gasteiger partial charge in [0, 0.05) is 47.7 Å². The van der Waals surface area contributed by atoms with Crippen LogP contribution >= 0.6 is 12.2 Å². The molecule has 0 radical (unpaired) electrons. The maximum atomic E-state index is 11.9. The van der Waals surface area contributed by atoms with Gasteiger partial charge in [-0.3, -0.25) is 9.71 Å². The maximum absolute atomic E-state index is 11.9. The summed E-state index contributed by atoms with van der Waals surface area (Å²) in [5.74, 6) is 0. The van der Waals surface area contributed by atoms with E-state index in [4.69, 9.17) is 21.9 Å². The molecule has 2 N–H and O–H groups in total. The largest absolute Gasteiger partial charge is 0.378 e. The number of aryl methyl sites for hydroxylation is 2. The summed E-state index contributed by atoms with van der Waals surface area (Å²) in [4.78, 5) is 9.18. The number of morpholine rings is 1. The first-order valence-corrected chi connectivity index (χ1v) is 16.6. The van der Waals surface area contributed by atoms with Crippen molar-refractivity contribution in [2.75, 3.05) is 47.1 Å². The first-order chi connectivity index (χ1) is 20.6. The highest BCUT2D eigenvalue weighted by Gasteiger charge is 2.42. The normalized spacial score (nSPS) is 19.0. The fourth-order valence-corrected chi connectivity index (χ4v) is 7.15. The van der Waals surface area contributed by atoms with E-state index in [0.29, 0.717) is 10.8 Å². The molecule has 43 heavy (non-hydrogen) atoms. The summed E-state index contributed by atoms with van der Waals surface area (Å²) >= 11 is 5.95. The summed E-state index contributed by atoms with van der Waals surface area (Å²) in [5, 5.41) is 4.12. The quantitative estimate of drug-likeness (QED) is 0.275. The van der Waals surface area contributed by atoms with Gasteiger partial charge in [-0.05, 0) is 105 Å². The predicted molar refractivity (Wildman–Crippen MR) is 176 cm³/mol. The van der Waals surface area contributed by atoms with Crippen LogP contribution in [-0.4, -0.2) is 55.6 Å². The molecule has 0 aliphatic carbocycles. The monoisotopic (exact) mass is 616 g/mol. The molecule has 0 saturated carbocycles. The molecule has 4 heterocycles. The molecule has 2 aromatic carbocycles. The van der Waals surface area contributed by atoms with Crippen molar-refractivity contribution in [3.63, 3.8) is 0 Å². The Bertz CT molecular complexity index is 1750. The lowest BCUT2D eigenvalue weighted by atomic mass is 9.96. The summed E-state index contributed by atoms with van der Waals surface area (Å²) in [7, 11) is -3.41. The van der Waals surface area contributed by atoms with Gasteiger partial charge in [0.15, 0.2) is 5.11 Å². The van der Waals surface area contributed by atoms with Crippen LogP contribution in [0.1, 0.15) is 40.3 Å². The number of hydrogen-bond donors (Lipinski definition) is 2. The first kappa shape index (κ1) is 29.2. The fraction of sp³-hybridized carbons (Fsp3) is 0.312. The lowest BCUT2D eigenvalue weighted by Gasteiger charge is -2.29. The fourth-order valence-electron chi connectivity index (χ4n) is 6.18. The van der Waals surface area contributed by atoms with Crippen LogP contribution < -0.4 is 19.8 Å². The van der Waals surface area contributed by atoms with E-state index in [1.807, 2.05) is 37.3 Å². The third-order valence-electron chi connectivity index (χ3n) is 8.15. The van der Waals surface area contributed by atoms with Gasteiger partial charge in [0.1, 0.15) is 0 Å². The molecule has 224 valence electrons. The van der Waals surface area contributed by atoms with Gasteiger partial charge in [-0.1, -0.05) is 6.07 Å². The standard InChI is InChI=1S/C32H36N6O3S2/c1-21-19-26(12-13-28(21)35-43(4,39)40)38-31(30(34-32(38)42)29-7-5-6-14-33-29)27-20-22(2)37(23(27)3)25-10-8-24(9-11-25)36-15-17-41-18-16-36/h5-14,19-20,30-31,35H,15-18H2,1-4H3,(H,34,42)/t30-,31-/m1/s1. The number of nitrogens with one attached hydrogen (secondary N) is 2. The van der Waals surface area contributed by atoms with Crippen LogP contribution in [0.25, 0.3) is 5.69 Å². The zero-order valence-corrected chi connectivity index (χ0v) is 26.4. The summed E-state index contributed by atoms with van der Waals surface area (Å²) < 4.78 is 34.2. The Kier molecular flexibility index (Phi) is 7.89. The SMILES string of the molecule is Cc1cc(N2C(=S)N[C@H](c3ccccn3)[C@H]2c2cc(C)n(-c3ccc(N4CCOCC4)cc3)c2C)ccc1NS(C)(=O)=O. The molecule has 6 rings (SSSR count). The number of benzene rings is 2. The average molecular weight is 617 g/mol. The Labute approximate surface area is 258 Å². The van der Waals surface area contributed by atoms with Gasteiger partial charge in [0.05, 0.1) is 42.9 Å². The van der Waals surface area contributed by atoms with E-state index in [0.717, 1.165) is 72.1 Å². The van der Waals surface area contributed by atoms with Crippen molar-refractivity contribution in [2.45, 2.75) is 32.9 Å². The summed E-state index contributed by atoms with van der Waals surface area (Å²) in [6.45, 7) is 9.47. The van der Waals surface area contributed by atoms with E-state index in [2.05, 4.69) is 68.6 Å². The Balaban J connectivity index is 1.41. The number of nitrogens with zero attached hydrogens (tertiary/aromatic N) is 4.